The standard InChI is InChI=1S/C37H31N7O5S2/c1-50(46,47)43-35-9-5-3-7-31(35)29-13-11-24(27-18-39-22-40-19-27)15-26(29)17-34(37(38)45)33-16-25(28-20-41-23-42-21-28)12-14-30(33)32-8-4-6-10-36(32)44-51(2,48)49/h3-23,43-44H,1-2H3,(H2,38,45)/b34-17-. The second-order valence-corrected chi connectivity index (χ2v) is 15.1. The molecule has 1 amide bonds. The zero-order valence-electron chi connectivity index (χ0n) is 27.3. The molecule has 256 valence electrons. The summed E-state index contributed by atoms with van der Waals surface area (Å²) in [5, 5.41) is 0. The van der Waals surface area contributed by atoms with E-state index in [1.807, 2.05) is 24.3 Å². The molecule has 4 aromatic carbocycles. The van der Waals surface area contributed by atoms with Gasteiger partial charge in [-0.1, -0.05) is 60.7 Å². The van der Waals surface area contributed by atoms with E-state index >= 15 is 0 Å². The van der Waals surface area contributed by atoms with Gasteiger partial charge in [0.25, 0.3) is 0 Å². The summed E-state index contributed by atoms with van der Waals surface area (Å²) in [4.78, 5) is 30.2. The molecule has 12 nitrogen and oxygen atoms in total. The topological polar surface area (TPSA) is 187 Å². The van der Waals surface area contributed by atoms with Gasteiger partial charge in [0.05, 0.1) is 23.9 Å². The van der Waals surface area contributed by atoms with E-state index < -0.39 is 26.0 Å². The zero-order chi connectivity index (χ0) is 36.2. The number of rotatable bonds is 11. The van der Waals surface area contributed by atoms with E-state index in [1.54, 1.807) is 91.5 Å². The lowest BCUT2D eigenvalue weighted by atomic mass is 9.88. The van der Waals surface area contributed by atoms with Crippen molar-refractivity contribution in [3.63, 3.8) is 0 Å². The molecule has 0 spiro atoms. The maximum atomic E-state index is 13.6. The Hall–Kier alpha value is -6.25. The van der Waals surface area contributed by atoms with Crippen LogP contribution in [0.1, 0.15) is 11.1 Å². The number of aromatic nitrogens is 4. The largest absolute Gasteiger partial charge is 0.366 e. The van der Waals surface area contributed by atoms with Gasteiger partial charge in [0, 0.05) is 52.6 Å². The zero-order valence-corrected chi connectivity index (χ0v) is 29.0. The molecule has 14 heteroatoms. The van der Waals surface area contributed by atoms with Crippen molar-refractivity contribution in [3.05, 3.63) is 133 Å². The van der Waals surface area contributed by atoms with Gasteiger partial charge in [0.1, 0.15) is 12.7 Å². The van der Waals surface area contributed by atoms with Crippen LogP contribution in [0.3, 0.4) is 0 Å². The van der Waals surface area contributed by atoms with Gasteiger partial charge in [-0.15, -0.1) is 0 Å². The number of nitrogens with one attached hydrogen (secondary N) is 2. The Labute approximate surface area is 295 Å². The third-order valence-corrected chi connectivity index (χ3v) is 8.92. The number of amides is 1. The molecule has 0 radical (unpaired) electrons. The fourth-order valence-corrected chi connectivity index (χ4v) is 6.79. The summed E-state index contributed by atoms with van der Waals surface area (Å²) in [6.07, 6.45) is 13.2. The minimum Gasteiger partial charge on any atom is -0.366 e. The van der Waals surface area contributed by atoms with E-state index in [0.29, 0.717) is 61.4 Å². The lowest BCUT2D eigenvalue weighted by Crippen LogP contribution is -2.14. The molecule has 0 atom stereocenters. The molecule has 0 bridgehead atoms. The van der Waals surface area contributed by atoms with Crippen molar-refractivity contribution < 1.29 is 21.6 Å². The van der Waals surface area contributed by atoms with Gasteiger partial charge in [-0.3, -0.25) is 14.2 Å². The van der Waals surface area contributed by atoms with Crippen molar-refractivity contribution in [1.82, 2.24) is 19.9 Å². The van der Waals surface area contributed by atoms with Gasteiger partial charge in [0.15, 0.2) is 0 Å². The van der Waals surface area contributed by atoms with Crippen molar-refractivity contribution in [1.29, 1.82) is 0 Å². The monoisotopic (exact) mass is 717 g/mol. The third-order valence-electron chi connectivity index (χ3n) is 7.74. The first-order valence-corrected chi connectivity index (χ1v) is 19.1. The lowest BCUT2D eigenvalue weighted by molar-refractivity contribution is -0.112. The molecule has 6 aromatic rings. The van der Waals surface area contributed by atoms with Crippen LogP contribution in [-0.4, -0.2) is 55.2 Å². The minimum absolute atomic E-state index is 0.0918. The SMILES string of the molecule is CS(=O)(=O)Nc1ccccc1-c1ccc(-c2cncnc2)cc1/C=C(\C(N)=O)c1cc(-c2cncnc2)ccc1-c1ccccc1NS(C)(=O)=O. The Morgan fingerprint density at radius 1 is 0.588 bits per heavy atom. The van der Waals surface area contributed by atoms with Gasteiger partial charge in [-0.25, -0.2) is 36.8 Å². The number of carbonyl (C=O) groups excluding carboxylic acids is 1. The maximum absolute atomic E-state index is 13.6. The Morgan fingerprint density at radius 3 is 1.53 bits per heavy atom. The minimum atomic E-state index is -3.67. The number of hydrogen-bond acceptors (Lipinski definition) is 9. The first-order chi connectivity index (χ1) is 24.4. The first kappa shape index (κ1) is 34.6. The van der Waals surface area contributed by atoms with Crippen LogP contribution in [0.5, 0.6) is 0 Å². The van der Waals surface area contributed by atoms with Crippen LogP contribution in [0.15, 0.2) is 122 Å². The van der Waals surface area contributed by atoms with Crippen molar-refractivity contribution in [2.45, 2.75) is 0 Å². The number of benzene rings is 4. The highest BCUT2D eigenvalue weighted by Gasteiger charge is 2.21. The van der Waals surface area contributed by atoms with Gasteiger partial charge in [-0.05, 0) is 63.7 Å². The number of sulfonamides is 2. The molecule has 0 saturated carbocycles. The van der Waals surface area contributed by atoms with E-state index in [1.165, 1.54) is 12.7 Å². The molecular formula is C37H31N7O5S2. The molecule has 0 aliphatic carbocycles. The predicted octanol–water partition coefficient (Wildman–Crippen LogP) is 5.70. The number of hydrogen-bond donors (Lipinski definition) is 3. The fraction of sp³-hybridized carbons (Fsp3) is 0.0541. The second kappa shape index (κ2) is 14.3. The first-order valence-electron chi connectivity index (χ1n) is 15.3. The average molecular weight is 718 g/mol. The molecule has 6 rings (SSSR count). The highest BCUT2D eigenvalue weighted by molar-refractivity contribution is 7.92. The summed E-state index contributed by atoms with van der Waals surface area (Å²) in [7, 11) is -7.32. The Kier molecular flexibility index (Phi) is 9.71. The number of anilines is 2. The molecule has 2 heterocycles. The smallest absolute Gasteiger partial charge is 0.249 e. The Balaban J connectivity index is 1.66. The number of nitrogens with zero attached hydrogens (tertiary/aromatic N) is 4. The summed E-state index contributed by atoms with van der Waals surface area (Å²) in [5.41, 5.74) is 12.8. The van der Waals surface area contributed by atoms with E-state index in [-0.39, 0.29) is 5.57 Å². The average Bonchev–Trinajstić information content (AvgIpc) is 3.10. The summed E-state index contributed by atoms with van der Waals surface area (Å²) in [5.74, 6) is -0.770. The van der Waals surface area contributed by atoms with Crippen molar-refractivity contribution >= 4 is 49.0 Å². The molecular weight excluding hydrogens is 687 g/mol. The van der Waals surface area contributed by atoms with Crippen LogP contribution < -0.4 is 15.2 Å². The highest BCUT2D eigenvalue weighted by Crippen LogP contribution is 2.40. The predicted molar refractivity (Wildman–Crippen MR) is 200 cm³/mol. The van der Waals surface area contributed by atoms with Gasteiger partial charge in [0.2, 0.25) is 26.0 Å². The quantitative estimate of drug-likeness (QED) is 0.112. The van der Waals surface area contributed by atoms with Gasteiger partial charge in [-0.2, -0.15) is 0 Å². The van der Waals surface area contributed by atoms with Gasteiger partial charge < -0.3 is 5.73 Å². The molecule has 4 N–H and O–H groups in total. The maximum Gasteiger partial charge on any atom is 0.249 e. The molecule has 0 saturated heterocycles. The van der Waals surface area contributed by atoms with E-state index in [4.69, 9.17) is 5.73 Å². The summed E-state index contributed by atoms with van der Waals surface area (Å²) < 4.78 is 54.6. The van der Waals surface area contributed by atoms with E-state index in [0.717, 1.165) is 18.1 Å². The lowest BCUT2D eigenvalue weighted by Gasteiger charge is -2.18. The number of nitrogens with two attached hydrogens (primary N) is 1. The van der Waals surface area contributed by atoms with Gasteiger partial charge >= 0.3 is 0 Å². The molecule has 0 aliphatic heterocycles. The van der Waals surface area contributed by atoms with E-state index in [9.17, 15) is 21.6 Å². The van der Waals surface area contributed by atoms with E-state index in [2.05, 4.69) is 29.4 Å². The third kappa shape index (κ3) is 8.32. The normalized spacial score (nSPS) is 11.9. The molecule has 0 unspecified atom stereocenters. The fourth-order valence-electron chi connectivity index (χ4n) is 5.64. The molecule has 0 fully saturated rings. The highest BCUT2D eigenvalue weighted by atomic mass is 32.2. The summed E-state index contributed by atoms with van der Waals surface area (Å²) in [6, 6.07) is 24.6. The van der Waals surface area contributed by atoms with Crippen molar-refractivity contribution in [2.24, 2.45) is 5.73 Å². The van der Waals surface area contributed by atoms with Crippen LogP contribution in [0.2, 0.25) is 0 Å². The van der Waals surface area contributed by atoms with Crippen LogP contribution in [0.4, 0.5) is 11.4 Å². The van der Waals surface area contributed by atoms with Crippen LogP contribution >= 0.6 is 0 Å². The van der Waals surface area contributed by atoms with Crippen LogP contribution in [-0.2, 0) is 24.8 Å². The van der Waals surface area contributed by atoms with Crippen LogP contribution in [0, 0.1) is 0 Å². The van der Waals surface area contributed by atoms with Crippen molar-refractivity contribution in [3.8, 4) is 44.5 Å². The molecule has 0 aliphatic rings. The van der Waals surface area contributed by atoms with Crippen LogP contribution in [0.25, 0.3) is 56.2 Å². The Bertz CT molecular complexity index is 2510. The second-order valence-electron chi connectivity index (χ2n) is 11.6. The summed E-state index contributed by atoms with van der Waals surface area (Å²) >= 11 is 0. The number of para-hydroxylation sites is 2. The number of carbonyl (C=O) groups is 1. The van der Waals surface area contributed by atoms with Crippen molar-refractivity contribution in [2.75, 3.05) is 22.0 Å². The number of primary amides is 1. The Morgan fingerprint density at radius 2 is 1.04 bits per heavy atom. The molecule has 2 aromatic heterocycles. The summed E-state index contributed by atoms with van der Waals surface area (Å²) in [6.45, 7) is 0. The molecule has 51 heavy (non-hydrogen) atoms.